The van der Waals surface area contributed by atoms with Crippen molar-refractivity contribution in [2.45, 2.75) is 13.1 Å². The molecule has 3 nitrogen and oxygen atoms in total. The summed E-state index contributed by atoms with van der Waals surface area (Å²) in [6, 6.07) is 0. The van der Waals surface area contributed by atoms with E-state index in [0.717, 1.165) is 11.8 Å². The maximum absolute atomic E-state index is 12.1. The van der Waals surface area contributed by atoms with Gasteiger partial charge < -0.3 is 4.74 Å². The van der Waals surface area contributed by atoms with Gasteiger partial charge in [-0.25, -0.2) is 9.97 Å². The third-order valence-corrected chi connectivity index (χ3v) is 1.39. The topological polar surface area (TPSA) is 35.0 Å². The van der Waals surface area contributed by atoms with E-state index in [-0.39, 0.29) is 12.5 Å². The molecule has 0 aromatic carbocycles. The van der Waals surface area contributed by atoms with Crippen molar-refractivity contribution >= 4 is 0 Å². The first-order chi connectivity index (χ1) is 6.89. The van der Waals surface area contributed by atoms with Gasteiger partial charge >= 0.3 is 6.18 Å². The Kier molecular flexibility index (Phi) is 3.28. The first kappa shape index (κ1) is 11.5. The Bertz CT molecular complexity index is 345. The van der Waals surface area contributed by atoms with E-state index in [2.05, 4.69) is 16.5 Å². The fraction of sp³-hybridized carbons (Fsp3) is 0.333. The Morgan fingerprint density at radius 1 is 1.40 bits per heavy atom. The molecule has 0 saturated heterocycles. The second kappa shape index (κ2) is 4.29. The Labute approximate surface area is 84.6 Å². The van der Waals surface area contributed by atoms with E-state index in [9.17, 15) is 13.2 Å². The summed E-state index contributed by atoms with van der Waals surface area (Å²) in [4.78, 5) is 6.66. The molecule has 1 heterocycles. The van der Waals surface area contributed by atoms with Crippen LogP contribution in [0.15, 0.2) is 24.5 Å². The molecule has 0 aliphatic rings. The molecule has 6 heteroatoms. The molecule has 0 amide bonds. The highest BCUT2D eigenvalue weighted by Crippen LogP contribution is 2.27. The Morgan fingerprint density at radius 3 is 2.47 bits per heavy atom. The fourth-order valence-corrected chi connectivity index (χ4v) is 0.734. The van der Waals surface area contributed by atoms with Crippen LogP contribution < -0.4 is 4.74 Å². The van der Waals surface area contributed by atoms with Crippen molar-refractivity contribution in [1.29, 1.82) is 0 Å². The molecule has 0 saturated carbocycles. The first-order valence-corrected chi connectivity index (χ1v) is 4.06. The van der Waals surface area contributed by atoms with E-state index < -0.39 is 11.9 Å². The molecule has 0 bridgehead atoms. The van der Waals surface area contributed by atoms with Crippen molar-refractivity contribution in [3.8, 4) is 5.88 Å². The number of aromatic nitrogens is 2. The second-order valence-electron chi connectivity index (χ2n) is 2.98. The SMILES string of the molecule is C=C(C)COc1cnc(C(F)(F)F)cn1. The number of hydrogen-bond acceptors (Lipinski definition) is 3. The molecule has 0 radical (unpaired) electrons. The number of rotatable bonds is 3. The summed E-state index contributed by atoms with van der Waals surface area (Å²) in [6.45, 7) is 5.52. The van der Waals surface area contributed by atoms with Gasteiger partial charge in [-0.05, 0) is 12.5 Å². The molecule has 1 aromatic rings. The van der Waals surface area contributed by atoms with E-state index >= 15 is 0 Å². The molecule has 0 aliphatic heterocycles. The van der Waals surface area contributed by atoms with Gasteiger partial charge in [0.25, 0.3) is 0 Å². The van der Waals surface area contributed by atoms with Crippen molar-refractivity contribution < 1.29 is 17.9 Å². The molecule has 82 valence electrons. The average molecular weight is 218 g/mol. The lowest BCUT2D eigenvalue weighted by Gasteiger charge is -2.06. The molecule has 1 rings (SSSR count). The molecule has 0 fully saturated rings. The Morgan fingerprint density at radius 2 is 2.07 bits per heavy atom. The van der Waals surface area contributed by atoms with Crippen LogP contribution in [0.4, 0.5) is 13.2 Å². The van der Waals surface area contributed by atoms with Gasteiger partial charge in [-0.15, -0.1) is 0 Å². The Balaban J connectivity index is 2.69. The van der Waals surface area contributed by atoms with Crippen LogP contribution in [0.1, 0.15) is 12.6 Å². The van der Waals surface area contributed by atoms with Crippen LogP contribution in [0.25, 0.3) is 0 Å². The minimum atomic E-state index is -4.47. The van der Waals surface area contributed by atoms with Crippen molar-refractivity contribution in [2.75, 3.05) is 6.61 Å². The molecule has 0 spiro atoms. The van der Waals surface area contributed by atoms with Crippen molar-refractivity contribution in [2.24, 2.45) is 0 Å². The third kappa shape index (κ3) is 3.57. The van der Waals surface area contributed by atoms with Gasteiger partial charge in [0.1, 0.15) is 6.61 Å². The summed E-state index contributed by atoms with van der Waals surface area (Å²) < 4.78 is 41.2. The van der Waals surface area contributed by atoms with Gasteiger partial charge in [0.15, 0.2) is 5.69 Å². The highest BCUT2D eigenvalue weighted by atomic mass is 19.4. The number of nitrogens with zero attached hydrogens (tertiary/aromatic N) is 2. The number of halogens is 3. The number of alkyl halides is 3. The van der Waals surface area contributed by atoms with Crippen molar-refractivity contribution in [3.05, 3.63) is 30.2 Å². The van der Waals surface area contributed by atoms with E-state index in [1.54, 1.807) is 6.92 Å². The standard InChI is InChI=1S/C9H9F3N2O/c1-6(2)5-15-8-4-13-7(3-14-8)9(10,11)12/h3-4H,1,5H2,2H3. The molecule has 0 aliphatic carbocycles. The number of hydrogen-bond donors (Lipinski definition) is 0. The summed E-state index contributed by atoms with van der Waals surface area (Å²) in [5.74, 6) is 0.0472. The quantitative estimate of drug-likeness (QED) is 0.731. The molecule has 0 N–H and O–H groups in total. The Hall–Kier alpha value is -1.59. The summed E-state index contributed by atoms with van der Waals surface area (Å²) in [6.07, 6.45) is -2.90. The van der Waals surface area contributed by atoms with Crippen LogP contribution in [0.2, 0.25) is 0 Å². The number of ether oxygens (including phenoxy) is 1. The lowest BCUT2D eigenvalue weighted by Crippen LogP contribution is -2.09. The summed E-state index contributed by atoms with van der Waals surface area (Å²) >= 11 is 0. The van der Waals surface area contributed by atoms with E-state index in [1.807, 2.05) is 0 Å². The molecule has 1 aromatic heterocycles. The largest absolute Gasteiger partial charge is 0.472 e. The minimum Gasteiger partial charge on any atom is -0.472 e. The highest BCUT2D eigenvalue weighted by Gasteiger charge is 2.32. The molecule has 0 unspecified atom stereocenters. The lowest BCUT2D eigenvalue weighted by atomic mass is 10.4. The zero-order valence-corrected chi connectivity index (χ0v) is 8.01. The minimum absolute atomic E-state index is 0.0472. The monoisotopic (exact) mass is 218 g/mol. The van der Waals surface area contributed by atoms with Crippen LogP contribution in [0.3, 0.4) is 0 Å². The summed E-state index contributed by atoms with van der Waals surface area (Å²) in [7, 11) is 0. The predicted molar refractivity (Wildman–Crippen MR) is 47.3 cm³/mol. The molecule has 0 atom stereocenters. The van der Waals surface area contributed by atoms with Crippen LogP contribution >= 0.6 is 0 Å². The molecule has 15 heavy (non-hydrogen) atoms. The van der Waals surface area contributed by atoms with Crippen LogP contribution in [-0.2, 0) is 6.18 Å². The van der Waals surface area contributed by atoms with Gasteiger partial charge in [0.2, 0.25) is 5.88 Å². The first-order valence-electron chi connectivity index (χ1n) is 4.06. The third-order valence-electron chi connectivity index (χ3n) is 1.39. The molecular formula is C9H9F3N2O. The van der Waals surface area contributed by atoms with Gasteiger partial charge in [-0.1, -0.05) is 6.58 Å². The van der Waals surface area contributed by atoms with Gasteiger partial charge in [-0.3, -0.25) is 0 Å². The van der Waals surface area contributed by atoms with Gasteiger partial charge in [-0.2, -0.15) is 13.2 Å². The van der Waals surface area contributed by atoms with E-state index in [4.69, 9.17) is 4.74 Å². The van der Waals surface area contributed by atoms with Gasteiger partial charge in [0.05, 0.1) is 12.4 Å². The second-order valence-corrected chi connectivity index (χ2v) is 2.98. The summed E-state index contributed by atoms with van der Waals surface area (Å²) in [5.41, 5.74) is -0.290. The predicted octanol–water partition coefficient (Wildman–Crippen LogP) is 2.45. The fourth-order valence-electron chi connectivity index (χ4n) is 0.734. The maximum atomic E-state index is 12.1. The van der Waals surface area contributed by atoms with Gasteiger partial charge in [0, 0.05) is 0 Å². The zero-order valence-electron chi connectivity index (χ0n) is 8.01. The van der Waals surface area contributed by atoms with E-state index in [0.29, 0.717) is 6.20 Å². The smallest absolute Gasteiger partial charge is 0.434 e. The lowest BCUT2D eigenvalue weighted by molar-refractivity contribution is -0.141. The zero-order chi connectivity index (χ0) is 11.5. The normalized spacial score (nSPS) is 11.2. The summed E-state index contributed by atoms with van der Waals surface area (Å²) in [5, 5.41) is 0. The van der Waals surface area contributed by atoms with Crippen LogP contribution in [0.5, 0.6) is 5.88 Å². The average Bonchev–Trinajstić information content (AvgIpc) is 2.14. The van der Waals surface area contributed by atoms with E-state index in [1.165, 1.54) is 0 Å². The molecular weight excluding hydrogens is 209 g/mol. The van der Waals surface area contributed by atoms with Crippen molar-refractivity contribution in [1.82, 2.24) is 9.97 Å². The highest BCUT2D eigenvalue weighted by molar-refractivity contribution is 5.10. The van der Waals surface area contributed by atoms with Crippen LogP contribution in [0, 0.1) is 0 Å². The van der Waals surface area contributed by atoms with Crippen LogP contribution in [-0.4, -0.2) is 16.6 Å². The maximum Gasteiger partial charge on any atom is 0.434 e. The van der Waals surface area contributed by atoms with Crippen molar-refractivity contribution in [3.63, 3.8) is 0 Å².